The summed E-state index contributed by atoms with van der Waals surface area (Å²) in [5.74, 6) is 0.161. The highest BCUT2D eigenvalue weighted by Crippen LogP contribution is 2.07. The number of nitrogens with zero attached hydrogens (tertiary/aromatic N) is 4. The molecule has 2 aromatic rings. The molecule has 0 radical (unpaired) electrons. The van der Waals surface area contributed by atoms with Crippen LogP contribution in [0.15, 0.2) is 24.5 Å². The van der Waals surface area contributed by atoms with Crippen LogP contribution in [0.1, 0.15) is 22.7 Å². The molecule has 1 N–H and O–H groups in total. The van der Waals surface area contributed by atoms with Crippen LogP contribution in [0.25, 0.3) is 0 Å². The third-order valence-electron chi connectivity index (χ3n) is 2.65. The summed E-state index contributed by atoms with van der Waals surface area (Å²) in [5, 5.41) is 7.29. The van der Waals surface area contributed by atoms with Crippen molar-refractivity contribution in [2.75, 3.05) is 19.0 Å². The topological polar surface area (TPSA) is 81.9 Å². The summed E-state index contributed by atoms with van der Waals surface area (Å²) >= 11 is 0. The van der Waals surface area contributed by atoms with Gasteiger partial charge in [-0.05, 0) is 19.4 Å². The minimum Gasteiger partial charge on any atom is -0.463 e. The highest BCUT2D eigenvalue weighted by atomic mass is 16.5. The van der Waals surface area contributed by atoms with E-state index < -0.39 is 5.97 Å². The Morgan fingerprint density at radius 1 is 1.45 bits per heavy atom. The van der Waals surface area contributed by atoms with Gasteiger partial charge in [-0.1, -0.05) is 0 Å². The number of anilines is 1. The molecule has 106 valence electrons. The van der Waals surface area contributed by atoms with Gasteiger partial charge >= 0.3 is 5.97 Å². The highest BCUT2D eigenvalue weighted by molar-refractivity contribution is 5.85. The average molecular weight is 275 g/mol. The molecular weight excluding hydrogens is 258 g/mol. The van der Waals surface area contributed by atoms with Gasteiger partial charge in [-0.15, -0.1) is 0 Å². The van der Waals surface area contributed by atoms with Gasteiger partial charge in [0.25, 0.3) is 0 Å². The first-order chi connectivity index (χ1) is 9.69. The fourth-order valence-electron chi connectivity index (χ4n) is 1.73. The number of ether oxygens (including phenoxy) is 1. The summed E-state index contributed by atoms with van der Waals surface area (Å²) in [6, 6.07) is 3.68. The number of rotatable bonds is 6. The number of methoxy groups -OCH3 is 1. The van der Waals surface area contributed by atoms with E-state index in [1.807, 2.05) is 23.9 Å². The van der Waals surface area contributed by atoms with Crippen LogP contribution in [0.5, 0.6) is 0 Å². The number of aryl methyl sites for hydroxylation is 2. The molecule has 7 nitrogen and oxygen atoms in total. The molecule has 7 heteroatoms. The Morgan fingerprint density at radius 2 is 2.30 bits per heavy atom. The monoisotopic (exact) mass is 275 g/mol. The molecule has 0 bridgehead atoms. The quantitative estimate of drug-likeness (QED) is 0.631. The molecule has 2 heterocycles. The van der Waals surface area contributed by atoms with Crippen molar-refractivity contribution in [2.45, 2.75) is 19.9 Å². The summed E-state index contributed by atoms with van der Waals surface area (Å²) in [4.78, 5) is 19.6. The maximum atomic E-state index is 11.4. The van der Waals surface area contributed by atoms with Gasteiger partial charge in [0.15, 0.2) is 0 Å². The largest absolute Gasteiger partial charge is 0.463 e. The van der Waals surface area contributed by atoms with Crippen LogP contribution >= 0.6 is 0 Å². The standard InChI is InChI=1S/C13H17N5O2/c1-10-9-11(17-12(16-10)13(19)20-2)14-5-3-7-18-8-4-6-15-18/h4,6,8-9H,3,5,7H2,1-2H3,(H,14,16,17). The van der Waals surface area contributed by atoms with Gasteiger partial charge in [0.05, 0.1) is 7.11 Å². The lowest BCUT2D eigenvalue weighted by Crippen LogP contribution is -2.13. The van der Waals surface area contributed by atoms with Crippen LogP contribution in [0, 0.1) is 6.92 Å². The summed E-state index contributed by atoms with van der Waals surface area (Å²) in [7, 11) is 1.31. The minimum absolute atomic E-state index is 0.0714. The smallest absolute Gasteiger partial charge is 0.376 e. The maximum Gasteiger partial charge on any atom is 0.376 e. The van der Waals surface area contributed by atoms with Gasteiger partial charge in [-0.2, -0.15) is 5.10 Å². The van der Waals surface area contributed by atoms with Gasteiger partial charge in [-0.25, -0.2) is 14.8 Å². The lowest BCUT2D eigenvalue weighted by atomic mass is 10.3. The molecule has 0 spiro atoms. The first kappa shape index (κ1) is 14.0. The number of hydrogen-bond donors (Lipinski definition) is 1. The van der Waals surface area contributed by atoms with E-state index >= 15 is 0 Å². The fraction of sp³-hybridized carbons (Fsp3) is 0.385. The average Bonchev–Trinajstić information content (AvgIpc) is 2.95. The molecular formula is C13H17N5O2. The van der Waals surface area contributed by atoms with E-state index in [1.165, 1.54) is 7.11 Å². The lowest BCUT2D eigenvalue weighted by molar-refractivity contribution is 0.0586. The Morgan fingerprint density at radius 3 is 3.00 bits per heavy atom. The third-order valence-corrected chi connectivity index (χ3v) is 2.65. The summed E-state index contributed by atoms with van der Waals surface area (Å²) < 4.78 is 6.49. The number of esters is 1. The summed E-state index contributed by atoms with van der Waals surface area (Å²) in [5.41, 5.74) is 0.718. The van der Waals surface area contributed by atoms with Gasteiger partial charge < -0.3 is 10.1 Å². The van der Waals surface area contributed by atoms with Crippen LogP contribution in [0.2, 0.25) is 0 Å². The molecule has 0 aliphatic rings. The van der Waals surface area contributed by atoms with Crippen LogP contribution in [-0.4, -0.2) is 39.4 Å². The second-order valence-electron chi connectivity index (χ2n) is 4.26. The third kappa shape index (κ3) is 3.78. The highest BCUT2D eigenvalue weighted by Gasteiger charge is 2.11. The van der Waals surface area contributed by atoms with E-state index in [2.05, 4.69) is 25.1 Å². The van der Waals surface area contributed by atoms with E-state index in [0.717, 1.165) is 25.2 Å². The molecule has 2 aromatic heterocycles. The Hall–Kier alpha value is -2.44. The fourth-order valence-corrected chi connectivity index (χ4v) is 1.73. The Labute approximate surface area is 117 Å². The van der Waals surface area contributed by atoms with Crippen molar-refractivity contribution in [3.8, 4) is 0 Å². The Balaban J connectivity index is 1.89. The van der Waals surface area contributed by atoms with Gasteiger partial charge in [0, 0.05) is 37.2 Å². The van der Waals surface area contributed by atoms with Crippen molar-refractivity contribution in [2.24, 2.45) is 0 Å². The maximum absolute atomic E-state index is 11.4. The number of hydrogen-bond acceptors (Lipinski definition) is 6. The predicted octanol–water partition coefficient (Wildman–Crippen LogP) is 1.27. The molecule has 0 aliphatic carbocycles. The van der Waals surface area contributed by atoms with E-state index in [9.17, 15) is 4.79 Å². The molecule has 0 saturated heterocycles. The summed E-state index contributed by atoms with van der Waals surface area (Å²) in [6.07, 6.45) is 4.58. The number of carbonyl (C=O) groups excluding carboxylic acids is 1. The lowest BCUT2D eigenvalue weighted by Gasteiger charge is -2.07. The molecule has 20 heavy (non-hydrogen) atoms. The van der Waals surface area contributed by atoms with E-state index in [1.54, 1.807) is 12.3 Å². The second kappa shape index (κ2) is 6.65. The molecule has 0 saturated carbocycles. The summed E-state index contributed by atoms with van der Waals surface area (Å²) in [6.45, 7) is 3.37. The molecule has 0 unspecified atom stereocenters. The van der Waals surface area contributed by atoms with Gasteiger partial charge in [-0.3, -0.25) is 4.68 Å². The minimum atomic E-state index is -0.534. The molecule has 0 amide bonds. The second-order valence-corrected chi connectivity index (χ2v) is 4.26. The number of nitrogens with one attached hydrogen (secondary N) is 1. The van der Waals surface area contributed by atoms with E-state index in [-0.39, 0.29) is 5.82 Å². The number of aromatic nitrogens is 4. The van der Waals surface area contributed by atoms with Crippen molar-refractivity contribution >= 4 is 11.8 Å². The van der Waals surface area contributed by atoms with Crippen molar-refractivity contribution < 1.29 is 9.53 Å². The zero-order valence-corrected chi connectivity index (χ0v) is 11.5. The van der Waals surface area contributed by atoms with Crippen LogP contribution in [0.3, 0.4) is 0 Å². The molecule has 2 rings (SSSR count). The van der Waals surface area contributed by atoms with E-state index in [0.29, 0.717) is 5.82 Å². The van der Waals surface area contributed by atoms with E-state index in [4.69, 9.17) is 0 Å². The van der Waals surface area contributed by atoms with Crippen molar-refractivity contribution in [3.05, 3.63) is 36.0 Å². The molecule has 0 aliphatic heterocycles. The predicted molar refractivity (Wildman–Crippen MR) is 73.4 cm³/mol. The van der Waals surface area contributed by atoms with Crippen molar-refractivity contribution in [1.82, 2.24) is 19.7 Å². The van der Waals surface area contributed by atoms with Crippen molar-refractivity contribution in [1.29, 1.82) is 0 Å². The van der Waals surface area contributed by atoms with Crippen LogP contribution in [0.4, 0.5) is 5.82 Å². The zero-order chi connectivity index (χ0) is 14.4. The SMILES string of the molecule is COC(=O)c1nc(C)cc(NCCCn2cccn2)n1. The number of carbonyl (C=O) groups is 1. The Bertz CT molecular complexity index is 568. The van der Waals surface area contributed by atoms with Gasteiger partial charge in [0.2, 0.25) is 5.82 Å². The molecule has 0 aromatic carbocycles. The molecule has 0 fully saturated rings. The molecule has 0 atom stereocenters. The van der Waals surface area contributed by atoms with Crippen molar-refractivity contribution in [3.63, 3.8) is 0 Å². The first-order valence-electron chi connectivity index (χ1n) is 6.34. The van der Waals surface area contributed by atoms with Crippen LogP contribution in [-0.2, 0) is 11.3 Å². The zero-order valence-electron chi connectivity index (χ0n) is 11.5. The Kier molecular flexibility index (Phi) is 4.65. The first-order valence-corrected chi connectivity index (χ1v) is 6.34. The van der Waals surface area contributed by atoms with Gasteiger partial charge in [0.1, 0.15) is 5.82 Å². The van der Waals surface area contributed by atoms with Crippen LogP contribution < -0.4 is 5.32 Å². The normalized spacial score (nSPS) is 10.3.